The summed E-state index contributed by atoms with van der Waals surface area (Å²) in [7, 11) is 0. The fourth-order valence-electron chi connectivity index (χ4n) is 2.49. The number of carbonyl (C=O) groups excluding carboxylic acids is 1. The first-order valence-electron chi connectivity index (χ1n) is 6.89. The molecule has 4 nitrogen and oxygen atoms in total. The van der Waals surface area contributed by atoms with E-state index in [2.05, 4.69) is 10.6 Å². The number of aliphatic hydroxyl groups is 1. The molecule has 1 aliphatic rings. The normalized spacial score (nSPS) is 22.9. The molecular formula is C15H22N2O2. The van der Waals surface area contributed by atoms with Crippen LogP contribution in [0.2, 0.25) is 0 Å². The Bertz CT molecular complexity index is 459. The topological polar surface area (TPSA) is 61.4 Å². The molecule has 0 heterocycles. The van der Waals surface area contributed by atoms with Crippen molar-refractivity contribution in [3.05, 3.63) is 29.3 Å². The number of aliphatic hydroxyl groups excluding tert-OH is 1. The van der Waals surface area contributed by atoms with E-state index in [1.54, 1.807) is 0 Å². The Balaban J connectivity index is 1.95. The molecule has 1 aromatic rings. The Kier molecular flexibility index (Phi) is 4.43. The average molecular weight is 262 g/mol. The van der Waals surface area contributed by atoms with Crippen molar-refractivity contribution in [1.82, 2.24) is 5.32 Å². The molecule has 0 radical (unpaired) electrons. The van der Waals surface area contributed by atoms with Crippen LogP contribution in [-0.2, 0) is 0 Å². The Morgan fingerprint density at radius 2 is 2.00 bits per heavy atom. The van der Waals surface area contributed by atoms with Crippen molar-refractivity contribution in [2.75, 3.05) is 5.32 Å². The number of hydrogen-bond donors (Lipinski definition) is 3. The summed E-state index contributed by atoms with van der Waals surface area (Å²) in [5, 5.41) is 15.6. The molecule has 1 aromatic carbocycles. The van der Waals surface area contributed by atoms with E-state index in [0.29, 0.717) is 0 Å². The van der Waals surface area contributed by atoms with Gasteiger partial charge in [0.05, 0.1) is 12.1 Å². The van der Waals surface area contributed by atoms with Gasteiger partial charge in [-0.05, 0) is 43.9 Å². The Morgan fingerprint density at radius 1 is 1.26 bits per heavy atom. The van der Waals surface area contributed by atoms with E-state index in [0.717, 1.165) is 42.5 Å². The van der Waals surface area contributed by atoms with Crippen LogP contribution in [0.25, 0.3) is 0 Å². The maximum absolute atomic E-state index is 12.0. The van der Waals surface area contributed by atoms with Gasteiger partial charge in [0.2, 0.25) is 0 Å². The van der Waals surface area contributed by atoms with Crippen LogP contribution in [0.3, 0.4) is 0 Å². The molecule has 3 N–H and O–H groups in total. The number of amides is 2. The van der Waals surface area contributed by atoms with E-state index in [1.165, 1.54) is 0 Å². The van der Waals surface area contributed by atoms with Crippen LogP contribution in [0, 0.1) is 13.8 Å². The molecule has 0 saturated heterocycles. The Labute approximate surface area is 114 Å². The first kappa shape index (κ1) is 13.9. The minimum absolute atomic E-state index is 0.126. The van der Waals surface area contributed by atoms with Crippen molar-refractivity contribution in [1.29, 1.82) is 0 Å². The largest absolute Gasteiger partial charge is 0.391 e. The summed E-state index contributed by atoms with van der Waals surface area (Å²) in [5.41, 5.74) is 3.04. The number of nitrogens with one attached hydrogen (secondary N) is 2. The third kappa shape index (κ3) is 3.47. The van der Waals surface area contributed by atoms with Crippen LogP contribution >= 0.6 is 0 Å². The van der Waals surface area contributed by atoms with E-state index >= 15 is 0 Å². The summed E-state index contributed by atoms with van der Waals surface area (Å²) >= 11 is 0. The highest BCUT2D eigenvalue weighted by atomic mass is 16.3. The van der Waals surface area contributed by atoms with Crippen molar-refractivity contribution in [2.24, 2.45) is 0 Å². The lowest BCUT2D eigenvalue weighted by Crippen LogP contribution is -2.46. The Hall–Kier alpha value is -1.55. The van der Waals surface area contributed by atoms with E-state index in [1.807, 2.05) is 32.0 Å². The first-order valence-corrected chi connectivity index (χ1v) is 6.89. The van der Waals surface area contributed by atoms with Gasteiger partial charge in [-0.25, -0.2) is 4.79 Å². The highest BCUT2D eigenvalue weighted by molar-refractivity contribution is 5.90. The molecule has 0 spiro atoms. The Morgan fingerprint density at radius 3 is 2.74 bits per heavy atom. The van der Waals surface area contributed by atoms with Gasteiger partial charge in [0.25, 0.3) is 0 Å². The minimum atomic E-state index is -0.418. The molecule has 104 valence electrons. The molecule has 0 aromatic heterocycles. The monoisotopic (exact) mass is 262 g/mol. The average Bonchev–Trinajstić information content (AvgIpc) is 2.38. The van der Waals surface area contributed by atoms with Gasteiger partial charge in [-0.15, -0.1) is 0 Å². The molecule has 19 heavy (non-hydrogen) atoms. The number of rotatable bonds is 2. The van der Waals surface area contributed by atoms with Crippen molar-refractivity contribution < 1.29 is 9.90 Å². The first-order chi connectivity index (χ1) is 9.08. The van der Waals surface area contributed by atoms with Crippen molar-refractivity contribution in [3.8, 4) is 0 Å². The molecular weight excluding hydrogens is 240 g/mol. The second kappa shape index (κ2) is 6.06. The van der Waals surface area contributed by atoms with Crippen LogP contribution in [0.1, 0.15) is 36.8 Å². The summed E-state index contributed by atoms with van der Waals surface area (Å²) in [4.78, 5) is 12.0. The quantitative estimate of drug-likeness (QED) is 0.767. The van der Waals surface area contributed by atoms with E-state index in [9.17, 15) is 9.90 Å². The predicted molar refractivity (Wildman–Crippen MR) is 76.3 cm³/mol. The van der Waals surface area contributed by atoms with Crippen molar-refractivity contribution in [2.45, 2.75) is 51.7 Å². The zero-order chi connectivity index (χ0) is 13.8. The van der Waals surface area contributed by atoms with Gasteiger partial charge in [-0.1, -0.05) is 25.0 Å². The SMILES string of the molecule is Cc1cccc(NC(=O)NC2CCCCC2O)c1C. The van der Waals surface area contributed by atoms with Gasteiger partial charge in [0.1, 0.15) is 0 Å². The lowest BCUT2D eigenvalue weighted by Gasteiger charge is -2.28. The van der Waals surface area contributed by atoms with Crippen molar-refractivity contribution >= 4 is 11.7 Å². The molecule has 1 saturated carbocycles. The smallest absolute Gasteiger partial charge is 0.319 e. The number of aryl methyl sites for hydroxylation is 1. The third-order valence-corrected chi connectivity index (χ3v) is 3.90. The molecule has 1 fully saturated rings. The molecule has 2 amide bonds. The fourth-order valence-corrected chi connectivity index (χ4v) is 2.49. The lowest BCUT2D eigenvalue weighted by molar-refractivity contribution is 0.0955. The van der Waals surface area contributed by atoms with Gasteiger partial charge >= 0.3 is 6.03 Å². The van der Waals surface area contributed by atoms with Gasteiger partial charge in [0, 0.05) is 5.69 Å². The van der Waals surface area contributed by atoms with Crippen LogP contribution in [0.4, 0.5) is 10.5 Å². The number of anilines is 1. The zero-order valence-electron chi connectivity index (χ0n) is 11.6. The number of carbonyl (C=O) groups is 1. The maximum atomic E-state index is 12.0. The molecule has 2 rings (SSSR count). The minimum Gasteiger partial charge on any atom is -0.391 e. The second-order valence-corrected chi connectivity index (χ2v) is 5.30. The molecule has 2 unspecified atom stereocenters. The summed E-state index contributed by atoms with van der Waals surface area (Å²) < 4.78 is 0. The van der Waals surface area contributed by atoms with Crippen LogP contribution in [0.15, 0.2) is 18.2 Å². The summed E-state index contributed by atoms with van der Waals surface area (Å²) in [6.45, 7) is 4.00. The highest BCUT2D eigenvalue weighted by Gasteiger charge is 2.24. The summed E-state index contributed by atoms with van der Waals surface area (Å²) in [6, 6.07) is 5.47. The number of urea groups is 1. The molecule has 1 aliphatic carbocycles. The third-order valence-electron chi connectivity index (χ3n) is 3.90. The standard InChI is InChI=1S/C15H22N2O2/c1-10-6-5-8-12(11(10)2)16-15(19)17-13-7-3-4-9-14(13)18/h5-6,8,13-14,18H,3-4,7,9H2,1-2H3,(H2,16,17,19). The predicted octanol–water partition coefficient (Wildman–Crippen LogP) is 2.73. The molecule has 2 atom stereocenters. The van der Waals surface area contributed by atoms with E-state index in [4.69, 9.17) is 0 Å². The fraction of sp³-hybridized carbons (Fsp3) is 0.533. The van der Waals surface area contributed by atoms with Crippen LogP contribution in [-0.4, -0.2) is 23.3 Å². The molecule has 0 bridgehead atoms. The molecule has 4 heteroatoms. The van der Waals surface area contributed by atoms with Crippen LogP contribution < -0.4 is 10.6 Å². The maximum Gasteiger partial charge on any atom is 0.319 e. The molecule has 0 aliphatic heterocycles. The highest BCUT2D eigenvalue weighted by Crippen LogP contribution is 2.20. The van der Waals surface area contributed by atoms with Gasteiger partial charge in [0.15, 0.2) is 0 Å². The van der Waals surface area contributed by atoms with Gasteiger partial charge in [-0.3, -0.25) is 0 Å². The van der Waals surface area contributed by atoms with E-state index in [-0.39, 0.29) is 12.1 Å². The van der Waals surface area contributed by atoms with Crippen molar-refractivity contribution in [3.63, 3.8) is 0 Å². The number of benzene rings is 1. The summed E-state index contributed by atoms with van der Waals surface area (Å²) in [5.74, 6) is 0. The van der Waals surface area contributed by atoms with Gasteiger partial charge in [-0.2, -0.15) is 0 Å². The van der Waals surface area contributed by atoms with Gasteiger partial charge < -0.3 is 15.7 Å². The van der Waals surface area contributed by atoms with E-state index < -0.39 is 6.10 Å². The summed E-state index contributed by atoms with van der Waals surface area (Å²) in [6.07, 6.45) is 3.30. The lowest BCUT2D eigenvalue weighted by atomic mass is 9.93. The zero-order valence-corrected chi connectivity index (χ0v) is 11.6. The second-order valence-electron chi connectivity index (χ2n) is 5.30. The number of hydrogen-bond acceptors (Lipinski definition) is 2. The van der Waals surface area contributed by atoms with Crippen LogP contribution in [0.5, 0.6) is 0 Å².